The lowest BCUT2D eigenvalue weighted by molar-refractivity contribution is 0.0688. The minimum atomic E-state index is -1.19. The van der Waals surface area contributed by atoms with Crippen LogP contribution in [-0.2, 0) is 12.2 Å². The molecule has 0 aliphatic heterocycles. The Bertz CT molecular complexity index is 1410. The Morgan fingerprint density at radius 3 is 2.53 bits per heavy atom. The molecular formula is C26H25ClN4O3. The number of aryl methyl sites for hydroxylation is 2. The van der Waals surface area contributed by atoms with Crippen LogP contribution in [0.4, 0.5) is 0 Å². The van der Waals surface area contributed by atoms with Gasteiger partial charge in [-0.05, 0) is 51.5 Å². The number of hydrogen-bond acceptors (Lipinski definition) is 6. The van der Waals surface area contributed by atoms with Gasteiger partial charge in [-0.1, -0.05) is 41.4 Å². The van der Waals surface area contributed by atoms with E-state index in [-0.39, 0.29) is 10.8 Å². The number of halogens is 1. The molecule has 1 N–H and O–H groups in total. The zero-order valence-electron chi connectivity index (χ0n) is 19.4. The minimum Gasteiger partial charge on any atom is -0.487 e. The van der Waals surface area contributed by atoms with Gasteiger partial charge in [0.25, 0.3) is 5.56 Å². The second-order valence-corrected chi connectivity index (χ2v) is 8.98. The number of nitrogens with zero attached hydrogens (tertiary/aromatic N) is 4. The van der Waals surface area contributed by atoms with Gasteiger partial charge in [-0.3, -0.25) is 14.3 Å². The Balaban J connectivity index is 1.68. The Morgan fingerprint density at radius 2 is 1.79 bits per heavy atom. The maximum Gasteiger partial charge on any atom is 0.277 e. The van der Waals surface area contributed by atoms with Crippen molar-refractivity contribution in [3.8, 4) is 22.8 Å². The van der Waals surface area contributed by atoms with Gasteiger partial charge in [0.1, 0.15) is 23.0 Å². The van der Waals surface area contributed by atoms with Crippen molar-refractivity contribution in [3.63, 3.8) is 0 Å². The molecule has 0 saturated heterocycles. The number of benzene rings is 1. The molecule has 0 atom stereocenters. The molecule has 0 radical (unpaired) electrons. The van der Waals surface area contributed by atoms with Gasteiger partial charge >= 0.3 is 0 Å². The first-order valence-electron chi connectivity index (χ1n) is 10.8. The van der Waals surface area contributed by atoms with Crippen molar-refractivity contribution < 1.29 is 9.84 Å². The average molecular weight is 477 g/mol. The molecule has 0 aliphatic carbocycles. The van der Waals surface area contributed by atoms with Gasteiger partial charge < -0.3 is 9.84 Å². The lowest BCUT2D eigenvalue weighted by Gasteiger charge is -2.16. The van der Waals surface area contributed by atoms with Crippen LogP contribution in [-0.4, -0.2) is 24.6 Å². The summed E-state index contributed by atoms with van der Waals surface area (Å²) in [4.78, 5) is 26.1. The standard InChI is InChI=1S/C26H25ClN4O3/c1-16-6-5-7-18(12-16)15-34-22-13-17(2)31(24(32)23(22)27)19-8-10-28-21(14-19)20-9-11-29-25(30-20)26(3,4)33/h5-14,33H,15H2,1-4H3. The number of ether oxygens (including phenoxy) is 1. The molecule has 1 aromatic carbocycles. The summed E-state index contributed by atoms with van der Waals surface area (Å²) in [5, 5.41) is 10.2. The van der Waals surface area contributed by atoms with Gasteiger partial charge in [0.15, 0.2) is 5.82 Å². The van der Waals surface area contributed by atoms with Crippen LogP contribution in [0.2, 0.25) is 5.02 Å². The summed E-state index contributed by atoms with van der Waals surface area (Å²) >= 11 is 6.42. The molecule has 0 bridgehead atoms. The second-order valence-electron chi connectivity index (χ2n) is 8.61. The molecule has 34 heavy (non-hydrogen) atoms. The lowest BCUT2D eigenvalue weighted by atomic mass is 10.1. The molecule has 0 aliphatic rings. The van der Waals surface area contributed by atoms with E-state index in [4.69, 9.17) is 16.3 Å². The number of pyridine rings is 2. The van der Waals surface area contributed by atoms with E-state index < -0.39 is 11.2 Å². The van der Waals surface area contributed by atoms with Gasteiger partial charge in [-0.25, -0.2) is 9.97 Å². The van der Waals surface area contributed by atoms with Crippen molar-refractivity contribution in [1.29, 1.82) is 0 Å². The molecule has 3 heterocycles. The summed E-state index contributed by atoms with van der Waals surface area (Å²) in [7, 11) is 0. The van der Waals surface area contributed by atoms with Gasteiger partial charge in [-0.2, -0.15) is 0 Å². The quantitative estimate of drug-likeness (QED) is 0.431. The summed E-state index contributed by atoms with van der Waals surface area (Å²) in [5.41, 5.74) is 2.85. The monoisotopic (exact) mass is 476 g/mol. The first kappa shape index (κ1) is 23.6. The average Bonchev–Trinajstić information content (AvgIpc) is 2.80. The van der Waals surface area contributed by atoms with Crippen LogP contribution < -0.4 is 10.3 Å². The van der Waals surface area contributed by atoms with Crippen LogP contribution in [0.5, 0.6) is 5.75 Å². The highest BCUT2D eigenvalue weighted by atomic mass is 35.5. The van der Waals surface area contributed by atoms with Crippen molar-refractivity contribution in [1.82, 2.24) is 19.5 Å². The highest BCUT2D eigenvalue weighted by Gasteiger charge is 2.20. The zero-order valence-corrected chi connectivity index (χ0v) is 20.2. The van der Waals surface area contributed by atoms with E-state index in [0.717, 1.165) is 11.1 Å². The second kappa shape index (κ2) is 9.37. The van der Waals surface area contributed by atoms with E-state index in [1.165, 1.54) is 4.57 Å². The first-order chi connectivity index (χ1) is 16.1. The van der Waals surface area contributed by atoms with E-state index in [1.54, 1.807) is 50.5 Å². The number of hydrogen-bond donors (Lipinski definition) is 1. The Morgan fingerprint density at radius 1 is 1.03 bits per heavy atom. The predicted octanol–water partition coefficient (Wildman–Crippen LogP) is 4.77. The van der Waals surface area contributed by atoms with Crippen LogP contribution in [0.1, 0.15) is 36.5 Å². The first-order valence-corrected chi connectivity index (χ1v) is 11.1. The molecule has 0 spiro atoms. The van der Waals surface area contributed by atoms with E-state index in [1.807, 2.05) is 38.1 Å². The van der Waals surface area contributed by atoms with Crippen molar-refractivity contribution >= 4 is 11.6 Å². The number of rotatable bonds is 6. The molecule has 0 fully saturated rings. The van der Waals surface area contributed by atoms with Crippen molar-refractivity contribution in [3.05, 3.63) is 98.9 Å². The molecule has 4 aromatic rings. The topological polar surface area (TPSA) is 90.1 Å². The molecule has 7 nitrogen and oxygen atoms in total. The third-order valence-electron chi connectivity index (χ3n) is 5.24. The number of aromatic nitrogens is 4. The van der Waals surface area contributed by atoms with Crippen molar-refractivity contribution in [2.75, 3.05) is 0 Å². The number of aliphatic hydroxyl groups is 1. The predicted molar refractivity (Wildman–Crippen MR) is 131 cm³/mol. The van der Waals surface area contributed by atoms with Gasteiger partial charge in [0.05, 0.1) is 17.1 Å². The van der Waals surface area contributed by atoms with Crippen LogP contribution in [0, 0.1) is 13.8 Å². The maximum absolute atomic E-state index is 13.2. The minimum absolute atomic E-state index is 0.00275. The lowest BCUT2D eigenvalue weighted by Crippen LogP contribution is -2.22. The largest absolute Gasteiger partial charge is 0.487 e. The third-order valence-corrected chi connectivity index (χ3v) is 5.59. The molecule has 0 saturated carbocycles. The molecular weight excluding hydrogens is 452 g/mol. The normalized spacial score (nSPS) is 11.5. The Labute approximate surface area is 202 Å². The molecule has 3 aromatic heterocycles. The van der Waals surface area contributed by atoms with Crippen LogP contribution in [0.3, 0.4) is 0 Å². The maximum atomic E-state index is 13.2. The Hall–Kier alpha value is -3.55. The van der Waals surface area contributed by atoms with Gasteiger partial charge in [0, 0.05) is 24.2 Å². The van der Waals surface area contributed by atoms with E-state index in [0.29, 0.717) is 35.1 Å². The zero-order chi connectivity index (χ0) is 24.5. The van der Waals surface area contributed by atoms with E-state index in [2.05, 4.69) is 15.0 Å². The van der Waals surface area contributed by atoms with Crippen LogP contribution >= 0.6 is 11.6 Å². The molecule has 0 amide bonds. The summed E-state index contributed by atoms with van der Waals surface area (Å²) in [6.45, 7) is 7.36. The SMILES string of the molecule is Cc1cccc(COc2cc(C)n(-c3ccnc(-c4ccnc(C(C)(C)O)n4)c3)c(=O)c2Cl)c1. The molecule has 174 valence electrons. The molecule has 8 heteroatoms. The summed E-state index contributed by atoms with van der Waals surface area (Å²) in [6.07, 6.45) is 3.16. The fraction of sp³-hybridized carbons (Fsp3) is 0.231. The van der Waals surface area contributed by atoms with Gasteiger partial charge in [0.2, 0.25) is 0 Å². The highest BCUT2D eigenvalue weighted by molar-refractivity contribution is 6.31. The fourth-order valence-electron chi connectivity index (χ4n) is 3.56. The molecule has 4 rings (SSSR count). The van der Waals surface area contributed by atoms with E-state index in [9.17, 15) is 9.90 Å². The Kier molecular flexibility index (Phi) is 6.50. The highest BCUT2D eigenvalue weighted by Crippen LogP contribution is 2.26. The smallest absolute Gasteiger partial charge is 0.277 e. The summed E-state index contributed by atoms with van der Waals surface area (Å²) in [6, 6.07) is 14.9. The molecule has 0 unspecified atom stereocenters. The van der Waals surface area contributed by atoms with Gasteiger partial charge in [-0.15, -0.1) is 0 Å². The summed E-state index contributed by atoms with van der Waals surface area (Å²) < 4.78 is 7.38. The van der Waals surface area contributed by atoms with Crippen molar-refractivity contribution in [2.24, 2.45) is 0 Å². The van der Waals surface area contributed by atoms with Crippen molar-refractivity contribution in [2.45, 2.75) is 39.9 Å². The van der Waals surface area contributed by atoms with E-state index >= 15 is 0 Å². The fourth-order valence-corrected chi connectivity index (χ4v) is 3.76. The summed E-state index contributed by atoms with van der Waals surface area (Å²) in [5.74, 6) is 0.616. The third kappa shape index (κ3) is 5.00. The van der Waals surface area contributed by atoms with Crippen LogP contribution in [0.15, 0.2) is 65.7 Å². The van der Waals surface area contributed by atoms with Crippen LogP contribution in [0.25, 0.3) is 17.1 Å².